The second-order valence-corrected chi connectivity index (χ2v) is 34.2. The molecule has 6 amide bonds. The van der Waals surface area contributed by atoms with E-state index in [9.17, 15) is 28.8 Å². The number of imide groups is 2. The number of ether oxygens (including phenoxy) is 6. The predicted molar refractivity (Wildman–Crippen MR) is 512 cm³/mol. The van der Waals surface area contributed by atoms with Gasteiger partial charge in [0, 0.05) is 70.3 Å². The Morgan fingerprint density at radius 1 is 0.258 bits per heavy atom. The summed E-state index contributed by atoms with van der Waals surface area (Å²) in [4.78, 5) is 91.1. The first kappa shape index (κ1) is 98.1. The number of unbranched alkanes of at least 4 members (excludes halogenated alkanes) is 42. The van der Waals surface area contributed by atoms with Gasteiger partial charge in [-0.2, -0.15) is 0 Å². The van der Waals surface area contributed by atoms with Crippen LogP contribution in [0.25, 0.3) is 43.1 Å². The number of rotatable bonds is 74. The second-order valence-electron chi connectivity index (χ2n) is 34.2. The van der Waals surface area contributed by atoms with Crippen molar-refractivity contribution >= 4 is 78.5 Å². The Morgan fingerprint density at radius 3 is 0.661 bits per heavy atom. The first-order valence-electron chi connectivity index (χ1n) is 48.3. The number of nitrogens with one attached hydrogen (secondary N) is 2. The van der Waals surface area contributed by atoms with Gasteiger partial charge in [0.25, 0.3) is 35.4 Å². The highest BCUT2D eigenvalue weighted by atomic mass is 16.5. The van der Waals surface area contributed by atoms with Crippen LogP contribution in [0.5, 0.6) is 34.5 Å². The minimum Gasteiger partial charge on any atom is -0.490 e. The Labute approximate surface area is 742 Å². The van der Waals surface area contributed by atoms with Crippen LogP contribution in [0, 0.1) is 0 Å². The number of hydrogen-bond donors (Lipinski definition) is 2. The topological polar surface area (TPSA) is 188 Å². The van der Waals surface area contributed by atoms with Crippen molar-refractivity contribution in [3.05, 3.63) is 182 Å². The summed E-state index contributed by atoms with van der Waals surface area (Å²) < 4.78 is 39.6. The molecule has 0 spiro atoms. The number of benzene rings is 7. The van der Waals surface area contributed by atoms with E-state index in [1.165, 1.54) is 164 Å². The van der Waals surface area contributed by atoms with Crippen molar-refractivity contribution in [1.29, 1.82) is 0 Å². The minimum atomic E-state index is -0.482. The van der Waals surface area contributed by atoms with Crippen molar-refractivity contribution in [2.45, 2.75) is 308 Å². The zero-order valence-electron chi connectivity index (χ0n) is 75.4. The van der Waals surface area contributed by atoms with Gasteiger partial charge < -0.3 is 39.1 Å². The number of nitrogens with zero attached hydrogens (tertiary/aromatic N) is 2. The Bertz CT molecular complexity index is 4040. The molecule has 0 aliphatic carbocycles. The molecule has 0 aromatic heterocycles. The van der Waals surface area contributed by atoms with E-state index in [0.717, 1.165) is 186 Å². The number of fused-ring (bicyclic) bond motifs is 2. The summed E-state index contributed by atoms with van der Waals surface area (Å²) in [5, 5.41) is 11.6. The Hall–Kier alpha value is -9.70. The third kappa shape index (κ3) is 30.3. The molecule has 2 aliphatic heterocycles. The standard InChI is InChI=1S/C108H148N4O12/c1-7-13-19-25-31-37-43-49-55-73-119-93-79-83(80-94(120-74-56-50-44-38-32-26-20-14-8-2)101(93)123-77-59-53-47-41-35-29-23-17-11-5)103(113)109-69-71-111-105(115)89-65-61-85-87-63-67-91-100-92(68-64-88(98(87)100)86-62-66-90(106(111)116)99(89)97(85)86)108(118)112(107(91)117)72-70-110-104(114)84-81-95(121-75-57-51-45-39-33-27-21-15-9-3)102(124-78-60-54-48-42-36-30-24-18-12-6)96(82-84)122-76-58-52-46-40-34-28-22-16-10-4/h7-12,61-68,79-82H,1-6,13-60,69-78H2,(H,109,113)(H,110,114). The van der Waals surface area contributed by atoms with Gasteiger partial charge >= 0.3 is 0 Å². The lowest BCUT2D eigenvalue weighted by Gasteiger charge is -2.30. The summed E-state index contributed by atoms with van der Waals surface area (Å²) in [6.45, 7) is 25.7. The Morgan fingerprint density at radius 2 is 0.452 bits per heavy atom. The Balaban J connectivity index is 0.883. The van der Waals surface area contributed by atoms with E-state index in [-0.39, 0.29) is 26.2 Å². The fourth-order valence-electron chi connectivity index (χ4n) is 17.4. The molecule has 2 aliphatic rings. The van der Waals surface area contributed by atoms with Gasteiger partial charge in [-0.15, -0.1) is 39.5 Å². The van der Waals surface area contributed by atoms with E-state index in [1.807, 2.05) is 60.7 Å². The molecule has 0 radical (unpaired) electrons. The van der Waals surface area contributed by atoms with Crippen LogP contribution in [0.1, 0.15) is 370 Å². The van der Waals surface area contributed by atoms with Gasteiger partial charge in [0.15, 0.2) is 23.0 Å². The summed E-state index contributed by atoms with van der Waals surface area (Å²) in [7, 11) is 0. The largest absolute Gasteiger partial charge is 0.490 e. The van der Waals surface area contributed by atoms with Crippen molar-refractivity contribution < 1.29 is 57.2 Å². The number of allylic oxidation sites excluding steroid dienone is 6. The fourth-order valence-corrected chi connectivity index (χ4v) is 17.4. The first-order valence-corrected chi connectivity index (χ1v) is 48.3. The maximum Gasteiger partial charge on any atom is 0.261 e. The lowest BCUT2D eigenvalue weighted by atomic mass is 9.82. The van der Waals surface area contributed by atoms with Crippen LogP contribution in [0.3, 0.4) is 0 Å². The van der Waals surface area contributed by atoms with Gasteiger partial charge in [0.1, 0.15) is 0 Å². The smallest absolute Gasteiger partial charge is 0.261 e. The maximum absolute atomic E-state index is 14.9. The van der Waals surface area contributed by atoms with E-state index < -0.39 is 35.4 Å². The molecular weight excluding hydrogens is 1550 g/mol. The maximum atomic E-state index is 14.9. The second kappa shape index (κ2) is 57.0. The van der Waals surface area contributed by atoms with E-state index in [2.05, 4.69) is 50.1 Å². The molecule has 672 valence electrons. The average molecular weight is 1690 g/mol. The summed E-state index contributed by atoms with van der Waals surface area (Å²) >= 11 is 0. The van der Waals surface area contributed by atoms with Gasteiger partial charge in [-0.25, -0.2) is 0 Å². The van der Waals surface area contributed by atoms with Crippen molar-refractivity contribution in [2.75, 3.05) is 65.8 Å². The van der Waals surface area contributed by atoms with E-state index >= 15 is 0 Å². The molecule has 7 aromatic rings. The monoisotopic (exact) mass is 1690 g/mol. The van der Waals surface area contributed by atoms with Crippen molar-refractivity contribution in [1.82, 2.24) is 20.4 Å². The van der Waals surface area contributed by atoms with E-state index in [4.69, 9.17) is 28.4 Å². The molecule has 2 heterocycles. The highest BCUT2D eigenvalue weighted by molar-refractivity contribution is 6.41. The predicted octanol–water partition coefficient (Wildman–Crippen LogP) is 27.9. The molecule has 16 nitrogen and oxygen atoms in total. The van der Waals surface area contributed by atoms with Crippen LogP contribution in [0.4, 0.5) is 0 Å². The van der Waals surface area contributed by atoms with Gasteiger partial charge in [-0.05, 0) is 196 Å². The lowest BCUT2D eigenvalue weighted by Crippen LogP contribution is -2.44. The van der Waals surface area contributed by atoms with E-state index in [1.54, 1.807) is 48.5 Å². The van der Waals surface area contributed by atoms with Crippen LogP contribution in [0.15, 0.2) is 149 Å². The van der Waals surface area contributed by atoms with Crippen molar-refractivity contribution in [2.24, 2.45) is 0 Å². The first-order chi connectivity index (χ1) is 61.0. The molecule has 7 aromatic carbocycles. The fraction of sp³-hybridized carbons (Fsp3) is 0.537. The molecule has 0 bridgehead atoms. The molecule has 0 atom stereocenters. The highest BCUT2D eigenvalue weighted by Gasteiger charge is 2.38. The van der Waals surface area contributed by atoms with Crippen molar-refractivity contribution in [3.63, 3.8) is 0 Å². The molecular formula is C108H148N4O12. The number of carbonyl (C=O) groups is 6. The van der Waals surface area contributed by atoms with Gasteiger partial charge in [0.2, 0.25) is 11.5 Å². The summed E-state index contributed by atoms with van der Waals surface area (Å²) in [6.07, 6.45) is 64.7. The van der Waals surface area contributed by atoms with Gasteiger partial charge in [-0.1, -0.05) is 253 Å². The lowest BCUT2D eigenvalue weighted by molar-refractivity contribution is 0.0594. The molecule has 0 unspecified atom stereocenters. The summed E-state index contributed by atoms with van der Waals surface area (Å²) in [5.41, 5.74) is 2.04. The molecule has 0 saturated heterocycles. The third-order valence-corrected chi connectivity index (χ3v) is 24.5. The molecule has 0 fully saturated rings. The van der Waals surface area contributed by atoms with E-state index in [0.29, 0.717) is 118 Å². The third-order valence-electron chi connectivity index (χ3n) is 24.5. The van der Waals surface area contributed by atoms with Crippen LogP contribution >= 0.6 is 0 Å². The number of amides is 6. The number of carbonyl (C=O) groups excluding carboxylic acids is 6. The molecule has 2 N–H and O–H groups in total. The highest BCUT2D eigenvalue weighted by Crippen LogP contribution is 2.48. The normalized spacial score (nSPS) is 12.4. The van der Waals surface area contributed by atoms with Crippen LogP contribution < -0.4 is 39.1 Å². The van der Waals surface area contributed by atoms with Crippen molar-refractivity contribution in [3.8, 4) is 34.5 Å². The zero-order valence-corrected chi connectivity index (χ0v) is 75.4. The Kier molecular flexibility index (Phi) is 45.1. The van der Waals surface area contributed by atoms with Gasteiger partial charge in [-0.3, -0.25) is 38.6 Å². The minimum absolute atomic E-state index is 0.0270. The average Bonchev–Trinajstić information content (AvgIpc) is 0.690. The SMILES string of the molecule is C=CCCCCCCCCCOc1cc(C(=O)NCCN2C(=O)c3ccc4c5ccc6c7c(ccc(c8ccc(c3c48)C2=O)c75)C(=O)N(CCNC(=O)c2cc(OCCCCCCCCCC=C)c(OCCCCCCCCCC=C)c(OCCCCCCCCCC=C)c2)C6=O)cc(OCCCCCCCCCC=C)c1OCCCCCCCCCC=C. The molecule has 16 heteroatoms. The zero-order chi connectivity index (χ0) is 87.6. The molecule has 0 saturated carbocycles. The van der Waals surface area contributed by atoms with Gasteiger partial charge in [0.05, 0.1) is 39.6 Å². The van der Waals surface area contributed by atoms with Crippen LogP contribution in [-0.2, 0) is 0 Å². The molecule has 9 rings (SSSR count). The molecule has 124 heavy (non-hydrogen) atoms. The summed E-state index contributed by atoms with van der Waals surface area (Å²) in [6, 6.07) is 21.5. The summed E-state index contributed by atoms with van der Waals surface area (Å²) in [5.74, 6) is 0.0806. The quantitative estimate of drug-likeness (QED) is 0.0121. The van der Waals surface area contributed by atoms with Crippen LogP contribution in [-0.4, -0.2) is 111 Å². The van der Waals surface area contributed by atoms with Crippen LogP contribution in [0.2, 0.25) is 0 Å². The number of hydrogen-bond acceptors (Lipinski definition) is 12.